The molecular formula is C13H18N4O2. The van der Waals surface area contributed by atoms with E-state index in [0.29, 0.717) is 11.4 Å². The predicted octanol–water partition coefficient (Wildman–Crippen LogP) is 2.34. The third kappa shape index (κ3) is 2.38. The van der Waals surface area contributed by atoms with E-state index in [9.17, 15) is 9.90 Å². The molecule has 0 atom stereocenters. The molecule has 0 saturated carbocycles. The van der Waals surface area contributed by atoms with Gasteiger partial charge in [0.2, 0.25) is 0 Å². The molecular weight excluding hydrogens is 244 g/mol. The Hall–Kier alpha value is -2.11. The Bertz CT molecular complexity index is 581. The van der Waals surface area contributed by atoms with Gasteiger partial charge in [-0.15, -0.1) is 0 Å². The fourth-order valence-corrected chi connectivity index (χ4v) is 2.19. The van der Waals surface area contributed by atoms with Gasteiger partial charge in [-0.2, -0.15) is 10.2 Å². The quantitative estimate of drug-likeness (QED) is 0.897. The highest BCUT2D eigenvalue weighted by Gasteiger charge is 2.21. The lowest BCUT2D eigenvalue weighted by Gasteiger charge is -2.12. The van der Waals surface area contributed by atoms with E-state index in [4.69, 9.17) is 0 Å². The lowest BCUT2D eigenvalue weighted by atomic mass is 10.2. The summed E-state index contributed by atoms with van der Waals surface area (Å²) in [7, 11) is 1.77. The smallest absolute Gasteiger partial charge is 0.339 e. The van der Waals surface area contributed by atoms with E-state index in [1.165, 1.54) is 0 Å². The van der Waals surface area contributed by atoms with Gasteiger partial charge in [0.05, 0.1) is 11.7 Å². The van der Waals surface area contributed by atoms with E-state index in [2.05, 4.69) is 24.0 Å². The molecule has 2 aromatic heterocycles. The average Bonchev–Trinajstić information content (AvgIpc) is 2.97. The minimum atomic E-state index is -0.964. The highest BCUT2D eigenvalue weighted by atomic mass is 16.4. The van der Waals surface area contributed by atoms with Crippen LogP contribution in [0.5, 0.6) is 0 Å². The van der Waals surface area contributed by atoms with Crippen LogP contribution in [0.3, 0.4) is 0 Å². The van der Waals surface area contributed by atoms with Gasteiger partial charge in [-0.1, -0.05) is 13.8 Å². The van der Waals surface area contributed by atoms with E-state index in [-0.39, 0.29) is 11.6 Å². The van der Waals surface area contributed by atoms with E-state index in [0.717, 1.165) is 12.8 Å². The van der Waals surface area contributed by atoms with Gasteiger partial charge < -0.3 is 5.11 Å². The summed E-state index contributed by atoms with van der Waals surface area (Å²) in [6.45, 7) is 4.14. The third-order valence-corrected chi connectivity index (χ3v) is 3.34. The zero-order valence-corrected chi connectivity index (χ0v) is 11.4. The molecule has 0 amide bonds. The second-order valence-electron chi connectivity index (χ2n) is 4.49. The number of nitrogens with zero attached hydrogens (tertiary/aromatic N) is 4. The number of aryl methyl sites for hydroxylation is 1. The van der Waals surface area contributed by atoms with Gasteiger partial charge in [0.15, 0.2) is 0 Å². The maximum Gasteiger partial charge on any atom is 0.339 e. The van der Waals surface area contributed by atoms with Crippen LogP contribution < -0.4 is 0 Å². The molecule has 0 aromatic carbocycles. The minimum Gasteiger partial charge on any atom is -0.478 e. The summed E-state index contributed by atoms with van der Waals surface area (Å²) in [4.78, 5) is 11.4. The summed E-state index contributed by atoms with van der Waals surface area (Å²) in [6.07, 6.45) is 5.09. The Balaban J connectivity index is 2.54. The molecule has 6 nitrogen and oxygen atoms in total. The molecule has 0 saturated heterocycles. The summed E-state index contributed by atoms with van der Waals surface area (Å²) in [5, 5.41) is 17.8. The van der Waals surface area contributed by atoms with E-state index in [1.807, 2.05) is 0 Å². The fraction of sp³-hybridized carbons (Fsp3) is 0.462. The first-order valence-corrected chi connectivity index (χ1v) is 6.39. The maximum atomic E-state index is 11.4. The predicted molar refractivity (Wildman–Crippen MR) is 71.0 cm³/mol. The summed E-state index contributed by atoms with van der Waals surface area (Å²) >= 11 is 0. The maximum absolute atomic E-state index is 11.4. The fourth-order valence-electron chi connectivity index (χ4n) is 2.19. The van der Waals surface area contributed by atoms with E-state index in [1.54, 1.807) is 34.9 Å². The molecule has 0 aliphatic carbocycles. The molecule has 2 aromatic rings. The first-order chi connectivity index (χ1) is 9.08. The number of hydrogen-bond donors (Lipinski definition) is 1. The highest BCUT2D eigenvalue weighted by molar-refractivity contribution is 5.94. The van der Waals surface area contributed by atoms with Crippen molar-refractivity contribution < 1.29 is 9.90 Å². The van der Waals surface area contributed by atoms with E-state index >= 15 is 0 Å². The molecule has 1 N–H and O–H groups in total. The number of aromatic carboxylic acids is 1. The van der Waals surface area contributed by atoms with Crippen molar-refractivity contribution >= 4 is 5.97 Å². The third-order valence-electron chi connectivity index (χ3n) is 3.34. The van der Waals surface area contributed by atoms with Crippen LogP contribution in [0.4, 0.5) is 0 Å². The van der Waals surface area contributed by atoms with Gasteiger partial charge in [0.25, 0.3) is 0 Å². The first kappa shape index (κ1) is 13.3. The van der Waals surface area contributed by atoms with Crippen molar-refractivity contribution in [2.45, 2.75) is 32.7 Å². The summed E-state index contributed by atoms with van der Waals surface area (Å²) in [6, 6.07) is 1.99. The van der Waals surface area contributed by atoms with Crippen molar-refractivity contribution in [3.63, 3.8) is 0 Å². The molecule has 0 spiro atoms. The topological polar surface area (TPSA) is 72.9 Å². The zero-order valence-electron chi connectivity index (χ0n) is 11.4. The van der Waals surface area contributed by atoms with Gasteiger partial charge in [-0.25, -0.2) is 4.79 Å². The molecule has 0 aliphatic heterocycles. The van der Waals surface area contributed by atoms with Crippen LogP contribution in [0.25, 0.3) is 11.4 Å². The number of rotatable bonds is 5. The van der Waals surface area contributed by atoms with Crippen molar-refractivity contribution in [2.75, 3.05) is 0 Å². The Labute approximate surface area is 111 Å². The molecule has 2 rings (SSSR count). The lowest BCUT2D eigenvalue weighted by Crippen LogP contribution is -2.07. The molecule has 0 bridgehead atoms. The Morgan fingerprint density at radius 3 is 2.58 bits per heavy atom. The van der Waals surface area contributed by atoms with Crippen molar-refractivity contribution in [3.8, 4) is 11.4 Å². The second-order valence-corrected chi connectivity index (χ2v) is 4.49. The number of carbonyl (C=O) groups is 1. The average molecular weight is 262 g/mol. The van der Waals surface area contributed by atoms with Crippen LogP contribution in [0, 0.1) is 0 Å². The van der Waals surface area contributed by atoms with Crippen molar-refractivity contribution in [3.05, 3.63) is 24.0 Å². The van der Waals surface area contributed by atoms with Gasteiger partial charge in [-0.3, -0.25) is 9.36 Å². The monoisotopic (exact) mass is 262 g/mol. The normalized spacial score (nSPS) is 11.2. The van der Waals surface area contributed by atoms with Crippen LogP contribution in [0.15, 0.2) is 18.5 Å². The van der Waals surface area contributed by atoms with Gasteiger partial charge >= 0.3 is 5.97 Å². The number of carboxylic acid groups (broad SMARTS) is 1. The number of carboxylic acids is 1. The number of hydrogen-bond acceptors (Lipinski definition) is 3. The van der Waals surface area contributed by atoms with Crippen molar-refractivity contribution in [1.82, 2.24) is 19.6 Å². The molecule has 102 valence electrons. The summed E-state index contributed by atoms with van der Waals surface area (Å²) < 4.78 is 3.39. The standard InChI is InChI=1S/C13H18N4O2/c1-4-9(5-2)17-8-10(13(18)19)12(15-17)11-6-7-14-16(11)3/h6-9H,4-5H2,1-3H3,(H,18,19). The van der Waals surface area contributed by atoms with Gasteiger partial charge in [0, 0.05) is 19.4 Å². The molecule has 2 heterocycles. The van der Waals surface area contributed by atoms with Gasteiger partial charge in [-0.05, 0) is 18.9 Å². The van der Waals surface area contributed by atoms with Crippen molar-refractivity contribution in [1.29, 1.82) is 0 Å². The van der Waals surface area contributed by atoms with Crippen LogP contribution in [-0.4, -0.2) is 30.6 Å². The molecule has 19 heavy (non-hydrogen) atoms. The largest absolute Gasteiger partial charge is 0.478 e. The van der Waals surface area contributed by atoms with E-state index < -0.39 is 5.97 Å². The Morgan fingerprint density at radius 1 is 1.42 bits per heavy atom. The van der Waals surface area contributed by atoms with Gasteiger partial charge in [0.1, 0.15) is 11.3 Å². The molecule has 0 unspecified atom stereocenters. The highest BCUT2D eigenvalue weighted by Crippen LogP contribution is 2.24. The molecule has 0 fully saturated rings. The summed E-state index contributed by atoms with van der Waals surface area (Å²) in [5.74, 6) is -0.964. The first-order valence-electron chi connectivity index (χ1n) is 6.39. The van der Waals surface area contributed by atoms with Crippen LogP contribution in [0.2, 0.25) is 0 Å². The summed E-state index contributed by atoms with van der Waals surface area (Å²) in [5.41, 5.74) is 1.40. The number of aromatic nitrogens is 4. The molecule has 0 aliphatic rings. The Morgan fingerprint density at radius 2 is 2.11 bits per heavy atom. The van der Waals surface area contributed by atoms with Crippen molar-refractivity contribution in [2.24, 2.45) is 7.05 Å². The second kappa shape index (κ2) is 5.26. The minimum absolute atomic E-state index is 0.218. The van der Waals surface area contributed by atoms with Crippen LogP contribution in [-0.2, 0) is 7.05 Å². The molecule has 0 radical (unpaired) electrons. The van der Waals surface area contributed by atoms with Crippen LogP contribution in [0.1, 0.15) is 43.1 Å². The zero-order chi connectivity index (χ0) is 14.0. The lowest BCUT2D eigenvalue weighted by molar-refractivity contribution is 0.0697. The van der Waals surface area contributed by atoms with Crippen LogP contribution >= 0.6 is 0 Å². The SMILES string of the molecule is CCC(CC)n1cc(C(=O)O)c(-c2ccnn2C)n1. The Kier molecular flexibility index (Phi) is 3.69. The molecule has 6 heteroatoms.